The van der Waals surface area contributed by atoms with Gasteiger partial charge in [-0.3, -0.25) is 9.69 Å². The van der Waals surface area contributed by atoms with Gasteiger partial charge in [0.25, 0.3) is 0 Å². The number of rotatable bonds is 8. The second kappa shape index (κ2) is 5.80. The molecule has 0 aliphatic heterocycles. The molecular weight excluding hydrogens is 240 g/mol. The van der Waals surface area contributed by atoms with Gasteiger partial charge >= 0.3 is 5.97 Å². The summed E-state index contributed by atoms with van der Waals surface area (Å²) < 4.78 is 4.95. The van der Waals surface area contributed by atoms with Crippen molar-refractivity contribution in [1.29, 1.82) is 0 Å². The van der Waals surface area contributed by atoms with Gasteiger partial charge in [0.05, 0.1) is 7.11 Å². The maximum absolute atomic E-state index is 12.1. The molecule has 1 atom stereocenters. The van der Waals surface area contributed by atoms with Gasteiger partial charge in [-0.15, -0.1) is 0 Å². The fraction of sp³-hybridized carbons (Fsp3) is 0.933. The minimum Gasteiger partial charge on any atom is -0.468 e. The standard InChI is InChI=1S/C15H28N2O2/c1-11(2)8-9-17(13-6-7-13)10-15(16,12-4-5-12)14(18)19-3/h11-13H,4-10,16H2,1-3H3. The number of ether oxygens (including phenoxy) is 1. The van der Waals surface area contributed by atoms with Gasteiger partial charge in [-0.2, -0.15) is 0 Å². The Kier molecular flexibility index (Phi) is 4.51. The van der Waals surface area contributed by atoms with E-state index in [0.29, 0.717) is 24.4 Å². The lowest BCUT2D eigenvalue weighted by molar-refractivity contribution is -0.149. The first-order chi connectivity index (χ1) is 8.97. The van der Waals surface area contributed by atoms with Gasteiger partial charge in [0.2, 0.25) is 0 Å². The van der Waals surface area contributed by atoms with E-state index in [1.165, 1.54) is 26.4 Å². The average molecular weight is 268 g/mol. The predicted octanol–water partition coefficient (Wildman–Crippen LogP) is 1.78. The third-order valence-corrected chi connectivity index (χ3v) is 4.39. The number of nitrogens with two attached hydrogens (primary N) is 1. The third-order valence-electron chi connectivity index (χ3n) is 4.39. The van der Waals surface area contributed by atoms with E-state index in [9.17, 15) is 4.79 Å². The molecule has 0 saturated heterocycles. The first-order valence-electron chi connectivity index (χ1n) is 7.58. The van der Waals surface area contributed by atoms with E-state index < -0.39 is 5.54 Å². The number of nitrogens with zero attached hydrogens (tertiary/aromatic N) is 1. The van der Waals surface area contributed by atoms with Gasteiger partial charge in [0, 0.05) is 12.6 Å². The van der Waals surface area contributed by atoms with Gasteiger partial charge in [0.1, 0.15) is 5.54 Å². The Balaban J connectivity index is 1.98. The van der Waals surface area contributed by atoms with Crippen molar-refractivity contribution < 1.29 is 9.53 Å². The van der Waals surface area contributed by atoms with Crippen molar-refractivity contribution in [2.75, 3.05) is 20.2 Å². The van der Waals surface area contributed by atoms with Gasteiger partial charge in [-0.25, -0.2) is 0 Å². The maximum Gasteiger partial charge on any atom is 0.327 e. The first kappa shape index (κ1) is 14.8. The van der Waals surface area contributed by atoms with Gasteiger partial charge in [0.15, 0.2) is 0 Å². The molecule has 2 N–H and O–H groups in total. The molecule has 2 rings (SSSR count). The Morgan fingerprint density at radius 3 is 2.42 bits per heavy atom. The zero-order valence-electron chi connectivity index (χ0n) is 12.5. The van der Waals surface area contributed by atoms with Crippen LogP contribution in [0.25, 0.3) is 0 Å². The highest BCUT2D eigenvalue weighted by Gasteiger charge is 2.51. The van der Waals surface area contributed by atoms with Crippen LogP contribution in [0.3, 0.4) is 0 Å². The Morgan fingerprint density at radius 2 is 2.00 bits per heavy atom. The zero-order chi connectivity index (χ0) is 14.0. The lowest BCUT2D eigenvalue weighted by Gasteiger charge is -2.34. The topological polar surface area (TPSA) is 55.6 Å². The maximum atomic E-state index is 12.1. The second-order valence-electron chi connectivity index (χ2n) is 6.69. The summed E-state index contributed by atoms with van der Waals surface area (Å²) in [6, 6.07) is 0.644. The Hall–Kier alpha value is -0.610. The number of carbonyl (C=O) groups excluding carboxylic acids is 1. The molecule has 2 aliphatic carbocycles. The van der Waals surface area contributed by atoms with Crippen LogP contribution in [-0.4, -0.2) is 42.6 Å². The van der Waals surface area contributed by atoms with E-state index in [1.54, 1.807) is 0 Å². The lowest BCUT2D eigenvalue weighted by Crippen LogP contribution is -2.59. The average Bonchev–Trinajstić information content (AvgIpc) is 3.22. The minimum absolute atomic E-state index is 0.231. The highest BCUT2D eigenvalue weighted by Crippen LogP contribution is 2.41. The number of hydrogen-bond acceptors (Lipinski definition) is 4. The van der Waals surface area contributed by atoms with E-state index in [0.717, 1.165) is 19.4 Å². The van der Waals surface area contributed by atoms with Crippen molar-refractivity contribution in [3.8, 4) is 0 Å². The molecule has 0 radical (unpaired) electrons. The van der Waals surface area contributed by atoms with Gasteiger partial charge in [-0.05, 0) is 50.5 Å². The van der Waals surface area contributed by atoms with Crippen LogP contribution in [0.5, 0.6) is 0 Å². The SMILES string of the molecule is COC(=O)C(N)(CN(CCC(C)C)C1CC1)C1CC1. The fourth-order valence-corrected chi connectivity index (χ4v) is 2.74. The van der Waals surface area contributed by atoms with Crippen molar-refractivity contribution in [1.82, 2.24) is 4.90 Å². The summed E-state index contributed by atoms with van der Waals surface area (Å²) >= 11 is 0. The van der Waals surface area contributed by atoms with Crippen molar-refractivity contribution in [3.63, 3.8) is 0 Å². The molecule has 0 heterocycles. The summed E-state index contributed by atoms with van der Waals surface area (Å²) in [5.74, 6) is 0.776. The highest BCUT2D eigenvalue weighted by atomic mass is 16.5. The van der Waals surface area contributed by atoms with Crippen molar-refractivity contribution in [2.45, 2.75) is 57.5 Å². The number of hydrogen-bond donors (Lipinski definition) is 1. The van der Waals surface area contributed by atoms with Crippen LogP contribution in [0.15, 0.2) is 0 Å². The van der Waals surface area contributed by atoms with Crippen LogP contribution >= 0.6 is 0 Å². The molecule has 2 saturated carbocycles. The summed E-state index contributed by atoms with van der Waals surface area (Å²) in [5, 5.41) is 0. The number of methoxy groups -OCH3 is 1. The summed E-state index contributed by atoms with van der Waals surface area (Å²) in [6.45, 7) is 6.19. The normalized spacial score (nSPS) is 22.6. The molecule has 0 aromatic heterocycles. The molecule has 0 aromatic carbocycles. The lowest BCUT2D eigenvalue weighted by atomic mass is 9.93. The van der Waals surface area contributed by atoms with Gasteiger partial charge in [-0.1, -0.05) is 13.8 Å². The van der Waals surface area contributed by atoms with Crippen LogP contribution in [0.2, 0.25) is 0 Å². The van der Waals surface area contributed by atoms with Crippen molar-refractivity contribution in [3.05, 3.63) is 0 Å². The molecule has 0 bridgehead atoms. The molecule has 110 valence electrons. The van der Waals surface area contributed by atoms with Gasteiger partial charge < -0.3 is 10.5 Å². The van der Waals surface area contributed by atoms with Crippen molar-refractivity contribution in [2.24, 2.45) is 17.6 Å². The van der Waals surface area contributed by atoms with Crippen LogP contribution in [0.4, 0.5) is 0 Å². The summed E-state index contributed by atoms with van der Waals surface area (Å²) in [5.41, 5.74) is 5.63. The van der Waals surface area contributed by atoms with E-state index in [-0.39, 0.29) is 5.97 Å². The molecule has 0 aromatic rings. The molecule has 19 heavy (non-hydrogen) atoms. The van der Waals surface area contributed by atoms with Crippen molar-refractivity contribution >= 4 is 5.97 Å². The number of carbonyl (C=O) groups is 1. The van der Waals surface area contributed by atoms with E-state index in [1.807, 2.05) is 0 Å². The predicted molar refractivity (Wildman–Crippen MR) is 75.7 cm³/mol. The fourth-order valence-electron chi connectivity index (χ4n) is 2.74. The second-order valence-corrected chi connectivity index (χ2v) is 6.69. The summed E-state index contributed by atoms with van der Waals surface area (Å²) in [7, 11) is 1.45. The zero-order valence-corrected chi connectivity index (χ0v) is 12.5. The molecular formula is C15H28N2O2. The highest BCUT2D eigenvalue weighted by molar-refractivity contribution is 5.81. The Morgan fingerprint density at radius 1 is 1.37 bits per heavy atom. The van der Waals surface area contributed by atoms with Crippen LogP contribution in [-0.2, 0) is 9.53 Å². The number of esters is 1. The van der Waals surface area contributed by atoms with E-state index in [2.05, 4.69) is 18.7 Å². The monoisotopic (exact) mass is 268 g/mol. The quantitative estimate of drug-likeness (QED) is 0.682. The Bertz CT molecular complexity index is 324. The van der Waals surface area contributed by atoms with E-state index in [4.69, 9.17) is 10.5 Å². The van der Waals surface area contributed by atoms with Crippen LogP contribution < -0.4 is 5.73 Å². The molecule has 0 amide bonds. The third kappa shape index (κ3) is 3.69. The van der Waals surface area contributed by atoms with Crippen LogP contribution in [0.1, 0.15) is 46.0 Å². The minimum atomic E-state index is -0.783. The molecule has 0 spiro atoms. The smallest absolute Gasteiger partial charge is 0.327 e. The molecule has 2 fully saturated rings. The van der Waals surface area contributed by atoms with Crippen LogP contribution in [0, 0.1) is 11.8 Å². The molecule has 2 aliphatic rings. The molecule has 1 unspecified atom stereocenters. The Labute approximate surface area is 116 Å². The molecule has 4 nitrogen and oxygen atoms in total. The van der Waals surface area contributed by atoms with E-state index >= 15 is 0 Å². The summed E-state index contributed by atoms with van der Waals surface area (Å²) in [6.07, 6.45) is 5.79. The largest absolute Gasteiger partial charge is 0.468 e. The summed E-state index contributed by atoms with van der Waals surface area (Å²) in [4.78, 5) is 14.5. The first-order valence-corrected chi connectivity index (χ1v) is 7.58. The molecule has 4 heteroatoms.